The third-order valence-electron chi connectivity index (χ3n) is 5.04. The molecule has 0 unspecified atom stereocenters. The Morgan fingerprint density at radius 1 is 1.32 bits per heavy atom. The highest BCUT2D eigenvalue weighted by Crippen LogP contribution is 2.76. The number of thioether (sulfide) groups is 1. The second-order valence-electron chi connectivity index (χ2n) is 12.1. The van der Waals surface area contributed by atoms with E-state index >= 15 is 0 Å². The van der Waals surface area contributed by atoms with E-state index in [-0.39, 0.29) is 22.7 Å². The number of oxime groups is 1. The standard InChI is InChI=1S/C21H39N5O5S2Si/c1-21(2,20(29)30-10-11-34(7,8)9)31-26-15(14-12-33(4,5,6,22)13-23-14)17(27)24-16-18(28)25-19(16)32-3/h12-13,16,19H,10-11,22H2,1-9H3,(H,24,27)(H,25,28)/b26-15+/t16-,19-/m1/s1. The molecule has 2 rings (SSSR count). The van der Waals surface area contributed by atoms with E-state index in [1.165, 1.54) is 25.6 Å². The summed E-state index contributed by atoms with van der Waals surface area (Å²) in [7, 11) is -4.65. The van der Waals surface area contributed by atoms with E-state index in [1.807, 2.05) is 25.0 Å². The Balaban J connectivity index is 2.27. The fourth-order valence-corrected chi connectivity index (χ4v) is 5.97. The summed E-state index contributed by atoms with van der Waals surface area (Å²) in [6.07, 6.45) is 7.44. The number of nitrogens with zero attached hydrogens (tertiary/aromatic N) is 2. The lowest BCUT2D eigenvalue weighted by atomic mass is 10.1. The number of carbonyl (C=O) groups excluding carboxylic acids is 3. The molecule has 2 amide bonds. The zero-order valence-corrected chi connectivity index (χ0v) is 24.2. The van der Waals surface area contributed by atoms with Crippen molar-refractivity contribution in [1.82, 2.24) is 10.6 Å². The minimum atomic E-state index is -3.27. The lowest BCUT2D eigenvalue weighted by molar-refractivity contribution is -0.167. The van der Waals surface area contributed by atoms with E-state index < -0.39 is 40.1 Å². The van der Waals surface area contributed by atoms with Gasteiger partial charge in [0.15, 0.2) is 5.71 Å². The Morgan fingerprint density at radius 3 is 2.41 bits per heavy atom. The van der Waals surface area contributed by atoms with Gasteiger partial charge in [-0.1, -0.05) is 24.8 Å². The number of carbonyl (C=O) groups is 3. The van der Waals surface area contributed by atoms with Gasteiger partial charge in [-0.3, -0.25) is 9.59 Å². The molecule has 13 heteroatoms. The second kappa shape index (κ2) is 8.68. The van der Waals surface area contributed by atoms with Gasteiger partial charge in [-0.25, -0.2) is 18.3 Å². The van der Waals surface area contributed by atoms with Crippen molar-refractivity contribution in [3.63, 3.8) is 0 Å². The predicted octanol–water partition coefficient (Wildman–Crippen LogP) is 1.85. The molecule has 2 heterocycles. The van der Waals surface area contributed by atoms with Crippen LogP contribution in [0.4, 0.5) is 0 Å². The van der Waals surface area contributed by atoms with Gasteiger partial charge < -0.3 is 25.3 Å². The lowest BCUT2D eigenvalue weighted by Crippen LogP contribution is -2.68. The fourth-order valence-electron chi connectivity index (χ4n) is 2.84. The first-order chi connectivity index (χ1) is 15.2. The molecule has 0 aromatic heterocycles. The van der Waals surface area contributed by atoms with Crippen molar-refractivity contribution < 1.29 is 24.0 Å². The Labute approximate surface area is 206 Å². The van der Waals surface area contributed by atoms with Gasteiger partial charge in [-0.05, 0) is 50.3 Å². The van der Waals surface area contributed by atoms with Crippen LogP contribution < -0.4 is 15.8 Å². The zero-order chi connectivity index (χ0) is 26.2. The van der Waals surface area contributed by atoms with Crippen LogP contribution in [0.3, 0.4) is 0 Å². The van der Waals surface area contributed by atoms with Crippen LogP contribution in [-0.2, 0) is 24.0 Å². The Morgan fingerprint density at radius 2 is 1.94 bits per heavy atom. The second-order valence-corrected chi connectivity index (χ2v) is 26.7. The smallest absolute Gasteiger partial charge is 0.352 e. The van der Waals surface area contributed by atoms with E-state index in [0.717, 1.165) is 6.04 Å². The van der Waals surface area contributed by atoms with Gasteiger partial charge in [-0.2, -0.15) is 0 Å². The van der Waals surface area contributed by atoms with Crippen LogP contribution in [0.25, 0.3) is 0 Å². The Kier molecular flexibility index (Phi) is 7.25. The number of nitrogens with one attached hydrogen (secondary N) is 2. The minimum absolute atomic E-state index is 0.169. The van der Waals surface area contributed by atoms with Gasteiger partial charge in [0.2, 0.25) is 11.5 Å². The number of esters is 1. The molecule has 0 aliphatic carbocycles. The van der Waals surface area contributed by atoms with E-state index in [4.69, 9.17) is 14.7 Å². The molecule has 0 aromatic rings. The monoisotopic (exact) mass is 533 g/mol. The van der Waals surface area contributed by atoms with E-state index in [1.54, 1.807) is 11.0 Å². The van der Waals surface area contributed by atoms with Crippen molar-refractivity contribution in [2.75, 3.05) is 31.6 Å². The first kappa shape index (κ1) is 28.4. The summed E-state index contributed by atoms with van der Waals surface area (Å²) in [5.41, 5.74) is 0.239. The maximum absolute atomic E-state index is 13.2. The van der Waals surface area contributed by atoms with Crippen molar-refractivity contribution in [3.8, 4) is 0 Å². The summed E-state index contributed by atoms with van der Waals surface area (Å²) in [4.78, 5) is 47.6. The van der Waals surface area contributed by atoms with Gasteiger partial charge in [0, 0.05) is 13.6 Å². The molecule has 2 aliphatic heterocycles. The molecule has 2 atom stereocenters. The summed E-state index contributed by atoms with van der Waals surface area (Å²) < 4.78 is 5.39. The van der Waals surface area contributed by atoms with Crippen LogP contribution in [0.2, 0.25) is 25.7 Å². The number of hydrogen-bond donors (Lipinski definition) is 3. The average molecular weight is 534 g/mol. The van der Waals surface area contributed by atoms with Crippen LogP contribution in [0.5, 0.6) is 0 Å². The highest BCUT2D eigenvalue weighted by molar-refractivity contribution is 8.72. The molecule has 1 fully saturated rings. The first-order valence-electron chi connectivity index (χ1n) is 10.9. The van der Waals surface area contributed by atoms with Crippen molar-refractivity contribution in [1.29, 1.82) is 0 Å². The Hall–Kier alpha value is -1.83. The molecule has 10 nitrogen and oxygen atoms in total. The molecule has 0 bridgehead atoms. The number of hydrogen-bond acceptors (Lipinski definition) is 9. The van der Waals surface area contributed by atoms with Crippen molar-refractivity contribution in [2.45, 2.75) is 56.5 Å². The van der Waals surface area contributed by atoms with Gasteiger partial charge in [0.25, 0.3) is 5.91 Å². The summed E-state index contributed by atoms with van der Waals surface area (Å²) in [6, 6.07) is 0.102. The molecule has 0 spiro atoms. The maximum atomic E-state index is 13.2. The molecule has 0 saturated carbocycles. The number of nitrogens with two attached hydrogens (primary N) is 1. The number of rotatable bonds is 10. The quantitative estimate of drug-likeness (QED) is 0.128. The molecular formula is C21H39N5O5S2Si. The van der Waals surface area contributed by atoms with Crippen LogP contribution in [0, 0.1) is 0 Å². The van der Waals surface area contributed by atoms with Crippen molar-refractivity contribution in [2.24, 2.45) is 15.3 Å². The van der Waals surface area contributed by atoms with E-state index in [2.05, 4.69) is 40.4 Å². The first-order valence-corrected chi connectivity index (χ1v) is 19.7. The number of amides is 2. The van der Waals surface area contributed by atoms with Crippen molar-refractivity contribution >= 4 is 57.4 Å². The van der Waals surface area contributed by atoms with E-state index in [9.17, 15) is 14.4 Å². The topological polar surface area (TPSA) is 144 Å². The molecule has 34 heavy (non-hydrogen) atoms. The summed E-state index contributed by atoms with van der Waals surface area (Å²) in [5.74, 6) is -1.53. The predicted molar refractivity (Wildman–Crippen MR) is 145 cm³/mol. The largest absolute Gasteiger partial charge is 0.463 e. The molecule has 4 N–H and O–H groups in total. The normalized spacial score (nSPS) is 27.1. The molecule has 0 radical (unpaired) electrons. The highest BCUT2D eigenvalue weighted by Gasteiger charge is 2.45. The molecule has 0 aromatic carbocycles. The molecular weight excluding hydrogens is 494 g/mol. The number of β-lactam (4-membered cyclic amide) rings is 1. The fraction of sp³-hybridized carbons (Fsp3) is 0.667. The van der Waals surface area contributed by atoms with Crippen LogP contribution in [0.1, 0.15) is 13.8 Å². The Bertz CT molecular complexity index is 978. The third-order valence-corrected chi connectivity index (χ3v) is 9.83. The van der Waals surface area contributed by atoms with Crippen molar-refractivity contribution in [3.05, 3.63) is 11.1 Å². The molecule has 1 saturated heterocycles. The maximum Gasteiger partial charge on any atom is 0.352 e. The minimum Gasteiger partial charge on any atom is -0.463 e. The number of ether oxygens (including phenoxy) is 1. The number of aliphatic imine (C=N–C) groups is 1. The summed E-state index contributed by atoms with van der Waals surface area (Å²) in [6.45, 7) is 9.89. The third kappa shape index (κ3) is 7.59. The molecule has 194 valence electrons. The van der Waals surface area contributed by atoms with Gasteiger partial charge in [0.1, 0.15) is 17.1 Å². The zero-order valence-electron chi connectivity index (χ0n) is 21.6. The highest BCUT2D eigenvalue weighted by atomic mass is 32.4. The van der Waals surface area contributed by atoms with Crippen LogP contribution in [0.15, 0.2) is 21.3 Å². The summed E-state index contributed by atoms with van der Waals surface area (Å²) >= 11 is 1.40. The van der Waals surface area contributed by atoms with Gasteiger partial charge in [0.05, 0.1) is 6.61 Å². The van der Waals surface area contributed by atoms with Gasteiger partial charge >= 0.3 is 5.97 Å². The SMILES string of the molecule is CS[C@H]1NC(=O)[C@H]1NC(=O)/C(=N/OC(C)(C)C(=O)OCC[Si](C)(C)C)C1=CS(C)(C)(C)(N)C=N1. The summed E-state index contributed by atoms with van der Waals surface area (Å²) in [5, 5.41) is 17.5. The van der Waals surface area contributed by atoms with Crippen LogP contribution in [-0.4, -0.2) is 85.8 Å². The van der Waals surface area contributed by atoms with E-state index in [0.29, 0.717) is 6.61 Å². The van der Waals surface area contributed by atoms with Gasteiger partial charge in [-0.15, -0.1) is 11.8 Å². The average Bonchev–Trinajstić information content (AvgIpc) is 2.93. The molecule has 2 aliphatic rings. The lowest BCUT2D eigenvalue weighted by Gasteiger charge is -2.61. The van der Waals surface area contributed by atoms with Crippen LogP contribution >= 0.6 is 20.2 Å².